The second-order valence-corrected chi connectivity index (χ2v) is 6.75. The molecule has 9 nitrogen and oxygen atoms in total. The Kier molecular flexibility index (Phi) is 4.18. The Morgan fingerprint density at radius 2 is 1.91 bits per heavy atom. The second-order valence-electron chi connectivity index (χ2n) is 5.13. The molecule has 2 aromatic heterocycles. The summed E-state index contributed by atoms with van der Waals surface area (Å²) in [5.41, 5.74) is 0.299. The zero-order valence-electron chi connectivity index (χ0n) is 12.8. The molecule has 0 aromatic carbocycles. The van der Waals surface area contributed by atoms with Crippen molar-refractivity contribution in [2.45, 2.75) is 18.7 Å². The fraction of sp³-hybridized carbons (Fsp3) is 0.462. The van der Waals surface area contributed by atoms with E-state index in [1.165, 1.54) is 0 Å². The summed E-state index contributed by atoms with van der Waals surface area (Å²) in [7, 11) is -3.81. The summed E-state index contributed by atoms with van der Waals surface area (Å²) in [6.07, 6.45) is 0. The molecule has 0 radical (unpaired) electrons. The number of nitrogens with one attached hydrogen (secondary N) is 1. The van der Waals surface area contributed by atoms with Crippen LogP contribution in [0.2, 0.25) is 0 Å². The standard InChI is InChI=1S/C13H17N5O4S/c1-9-13(10(2)22-16-9)23(19,20)17-11-3-4-12(15-14-11)18-5-7-21-8-6-18/h3-4H,5-8H2,1-2H3,(H,14,17). The minimum absolute atomic E-state index is 0.0246. The Labute approximate surface area is 133 Å². The first-order valence-corrected chi connectivity index (χ1v) is 8.58. The van der Waals surface area contributed by atoms with Crippen molar-refractivity contribution in [3.63, 3.8) is 0 Å². The van der Waals surface area contributed by atoms with E-state index in [0.717, 1.165) is 13.1 Å². The summed E-state index contributed by atoms with van der Waals surface area (Å²) in [6.45, 7) is 5.86. The third-order valence-corrected chi connectivity index (χ3v) is 5.06. The summed E-state index contributed by atoms with van der Waals surface area (Å²) in [5.74, 6) is 1.06. The van der Waals surface area contributed by atoms with Gasteiger partial charge in [-0.2, -0.15) is 0 Å². The monoisotopic (exact) mass is 339 g/mol. The van der Waals surface area contributed by atoms with E-state index in [4.69, 9.17) is 9.26 Å². The Morgan fingerprint density at radius 1 is 1.17 bits per heavy atom. The lowest BCUT2D eigenvalue weighted by molar-refractivity contribution is 0.122. The second kappa shape index (κ2) is 6.13. The van der Waals surface area contributed by atoms with Crippen molar-refractivity contribution in [3.8, 4) is 0 Å². The van der Waals surface area contributed by atoms with E-state index in [2.05, 4.69) is 20.1 Å². The molecule has 0 aliphatic carbocycles. The minimum Gasteiger partial charge on any atom is -0.378 e. The minimum atomic E-state index is -3.81. The van der Waals surface area contributed by atoms with Crippen molar-refractivity contribution in [1.29, 1.82) is 0 Å². The topological polar surface area (TPSA) is 110 Å². The zero-order valence-corrected chi connectivity index (χ0v) is 13.6. The summed E-state index contributed by atoms with van der Waals surface area (Å²) in [5, 5.41) is 11.7. The molecule has 3 heterocycles. The highest BCUT2D eigenvalue weighted by Crippen LogP contribution is 2.22. The van der Waals surface area contributed by atoms with Crippen molar-refractivity contribution in [2.24, 2.45) is 0 Å². The summed E-state index contributed by atoms with van der Waals surface area (Å²) >= 11 is 0. The van der Waals surface area contributed by atoms with Gasteiger partial charge in [0.1, 0.15) is 5.69 Å². The van der Waals surface area contributed by atoms with E-state index >= 15 is 0 Å². The van der Waals surface area contributed by atoms with Gasteiger partial charge in [-0.3, -0.25) is 4.72 Å². The molecular weight excluding hydrogens is 322 g/mol. The molecule has 23 heavy (non-hydrogen) atoms. The van der Waals surface area contributed by atoms with Crippen LogP contribution in [0.1, 0.15) is 11.5 Å². The Hall–Kier alpha value is -2.20. The predicted molar refractivity (Wildman–Crippen MR) is 81.8 cm³/mol. The van der Waals surface area contributed by atoms with Crippen molar-refractivity contribution < 1.29 is 17.7 Å². The van der Waals surface area contributed by atoms with E-state index in [-0.39, 0.29) is 16.5 Å². The number of sulfonamides is 1. The molecule has 1 aliphatic heterocycles. The number of anilines is 2. The molecule has 0 bridgehead atoms. The lowest BCUT2D eigenvalue weighted by atomic mass is 10.4. The van der Waals surface area contributed by atoms with E-state index in [0.29, 0.717) is 24.7 Å². The highest BCUT2D eigenvalue weighted by Gasteiger charge is 2.25. The van der Waals surface area contributed by atoms with Gasteiger partial charge in [0.15, 0.2) is 22.3 Å². The Morgan fingerprint density at radius 3 is 2.48 bits per heavy atom. The number of rotatable bonds is 4. The van der Waals surface area contributed by atoms with Gasteiger partial charge in [-0.05, 0) is 26.0 Å². The van der Waals surface area contributed by atoms with E-state index in [9.17, 15) is 8.42 Å². The molecule has 124 valence electrons. The third kappa shape index (κ3) is 3.27. The van der Waals surface area contributed by atoms with Gasteiger partial charge in [-0.25, -0.2) is 8.42 Å². The number of morpholine rings is 1. The van der Waals surface area contributed by atoms with Crippen molar-refractivity contribution in [3.05, 3.63) is 23.6 Å². The number of hydrogen-bond donors (Lipinski definition) is 1. The lowest BCUT2D eigenvalue weighted by Crippen LogP contribution is -2.36. The largest absolute Gasteiger partial charge is 0.378 e. The van der Waals surface area contributed by atoms with Crippen LogP contribution >= 0.6 is 0 Å². The molecule has 0 amide bonds. The zero-order chi connectivity index (χ0) is 16.4. The number of nitrogens with zero attached hydrogens (tertiary/aromatic N) is 4. The van der Waals surface area contributed by atoms with Crippen LogP contribution in [-0.2, 0) is 14.8 Å². The van der Waals surface area contributed by atoms with Crippen LogP contribution in [0.25, 0.3) is 0 Å². The normalized spacial score (nSPS) is 15.7. The molecule has 10 heteroatoms. The van der Waals surface area contributed by atoms with Gasteiger partial charge >= 0.3 is 0 Å². The molecule has 0 atom stereocenters. The van der Waals surface area contributed by atoms with E-state index in [1.807, 2.05) is 4.90 Å². The van der Waals surface area contributed by atoms with Crippen LogP contribution in [0.4, 0.5) is 11.6 Å². The molecule has 3 rings (SSSR count). The summed E-state index contributed by atoms with van der Waals surface area (Å²) < 4.78 is 37.3. The fourth-order valence-electron chi connectivity index (χ4n) is 2.39. The van der Waals surface area contributed by atoms with Gasteiger partial charge < -0.3 is 14.2 Å². The number of aryl methyl sites for hydroxylation is 2. The summed E-state index contributed by atoms with van der Waals surface area (Å²) in [6, 6.07) is 3.30. The highest BCUT2D eigenvalue weighted by atomic mass is 32.2. The molecular formula is C13H17N5O4S. The Bertz CT molecular complexity index is 762. The van der Waals surface area contributed by atoms with Crippen LogP contribution in [-0.4, -0.2) is 50.1 Å². The maximum Gasteiger partial charge on any atom is 0.268 e. The van der Waals surface area contributed by atoms with Gasteiger partial charge in [0, 0.05) is 13.1 Å². The fourth-order valence-corrected chi connectivity index (χ4v) is 3.72. The number of aromatic nitrogens is 3. The molecule has 0 unspecified atom stereocenters. The van der Waals surface area contributed by atoms with Crippen LogP contribution < -0.4 is 9.62 Å². The van der Waals surface area contributed by atoms with Crippen molar-refractivity contribution in [2.75, 3.05) is 35.9 Å². The molecule has 2 aromatic rings. The molecule has 0 saturated carbocycles. The van der Waals surface area contributed by atoms with Gasteiger partial charge in [0.2, 0.25) is 0 Å². The molecule has 0 spiro atoms. The van der Waals surface area contributed by atoms with E-state index < -0.39 is 10.0 Å². The first-order valence-electron chi connectivity index (χ1n) is 7.09. The molecule has 1 aliphatic rings. The average Bonchev–Trinajstić information content (AvgIpc) is 2.88. The smallest absolute Gasteiger partial charge is 0.268 e. The first kappa shape index (κ1) is 15.7. The van der Waals surface area contributed by atoms with Crippen LogP contribution in [0, 0.1) is 13.8 Å². The van der Waals surface area contributed by atoms with Gasteiger partial charge in [-0.15, -0.1) is 10.2 Å². The lowest BCUT2D eigenvalue weighted by Gasteiger charge is -2.27. The van der Waals surface area contributed by atoms with E-state index in [1.54, 1.807) is 26.0 Å². The molecule has 1 saturated heterocycles. The summed E-state index contributed by atoms with van der Waals surface area (Å²) in [4.78, 5) is 2.06. The van der Waals surface area contributed by atoms with Gasteiger partial charge in [-0.1, -0.05) is 5.16 Å². The van der Waals surface area contributed by atoms with Gasteiger partial charge in [0.05, 0.1) is 13.2 Å². The predicted octanol–water partition coefficient (Wildman–Crippen LogP) is 0.719. The third-order valence-electron chi connectivity index (χ3n) is 3.46. The van der Waals surface area contributed by atoms with Crippen LogP contribution in [0.3, 0.4) is 0 Å². The first-order chi connectivity index (χ1) is 11.0. The number of ether oxygens (including phenoxy) is 1. The quantitative estimate of drug-likeness (QED) is 0.867. The van der Waals surface area contributed by atoms with Crippen molar-refractivity contribution >= 4 is 21.7 Å². The molecule has 1 N–H and O–H groups in total. The Balaban J connectivity index is 1.78. The van der Waals surface area contributed by atoms with Crippen LogP contribution in [0.15, 0.2) is 21.6 Å². The highest BCUT2D eigenvalue weighted by molar-refractivity contribution is 7.92. The maximum absolute atomic E-state index is 12.4. The van der Waals surface area contributed by atoms with Gasteiger partial charge in [0.25, 0.3) is 10.0 Å². The van der Waals surface area contributed by atoms with Crippen LogP contribution in [0.5, 0.6) is 0 Å². The average molecular weight is 339 g/mol. The van der Waals surface area contributed by atoms with Crippen molar-refractivity contribution in [1.82, 2.24) is 15.4 Å². The maximum atomic E-state index is 12.4. The SMILES string of the molecule is Cc1noc(C)c1S(=O)(=O)Nc1ccc(N2CCOCC2)nn1. The number of hydrogen-bond acceptors (Lipinski definition) is 8. The molecule has 1 fully saturated rings.